The Kier molecular flexibility index (Phi) is 3.84. The number of allylic oxidation sites excluding steroid dienone is 6. The van der Waals surface area contributed by atoms with E-state index < -0.39 is 0 Å². The van der Waals surface area contributed by atoms with E-state index in [2.05, 4.69) is 96.5 Å². The van der Waals surface area contributed by atoms with Crippen molar-refractivity contribution in [1.29, 1.82) is 0 Å². The number of benzene rings is 2. The first-order chi connectivity index (χ1) is 12.3. The Labute approximate surface area is 158 Å². The first-order valence-corrected chi connectivity index (χ1v) is 9.48. The Bertz CT molecular complexity index is 992. The zero-order valence-electron chi connectivity index (χ0n) is 16.7. The topological polar surface area (TPSA) is 0 Å². The zero-order valence-corrected chi connectivity index (χ0v) is 16.7. The fourth-order valence-electron chi connectivity index (χ4n) is 4.77. The molecule has 0 fully saturated rings. The van der Waals surface area contributed by atoms with Gasteiger partial charge in [-0.3, -0.25) is 0 Å². The van der Waals surface area contributed by atoms with E-state index in [-0.39, 0.29) is 5.41 Å². The molecule has 0 bridgehead atoms. The molecule has 0 spiro atoms. The summed E-state index contributed by atoms with van der Waals surface area (Å²) < 4.78 is 0. The third-order valence-electron chi connectivity index (χ3n) is 6.59. The second kappa shape index (κ2) is 5.84. The predicted octanol–water partition coefficient (Wildman–Crippen LogP) is 7.33. The van der Waals surface area contributed by atoms with E-state index >= 15 is 0 Å². The lowest BCUT2D eigenvalue weighted by Crippen LogP contribution is -2.14. The molecule has 0 saturated heterocycles. The van der Waals surface area contributed by atoms with Gasteiger partial charge in [-0.2, -0.15) is 0 Å². The van der Waals surface area contributed by atoms with Gasteiger partial charge in [-0.05, 0) is 77.8 Å². The van der Waals surface area contributed by atoms with Crippen LogP contribution in [-0.2, 0) is 0 Å². The van der Waals surface area contributed by atoms with Crippen molar-refractivity contribution in [3.05, 3.63) is 93.9 Å². The standard InChI is InChI=1S/C26H27/c1-16-17(2)25(26(5,6)19(16)4)22-14-10-13-21-15-23(18(3)24(21)22)20-11-8-7-9-12-20/h7-15H,1-6H3. The highest BCUT2D eigenvalue weighted by Crippen LogP contribution is 2.54. The SMILES string of the molecule is CC1=C(C)C(C)(C)C(c2cccc3c2C(C)=C(c2ccccc2)[CH]3)=C1C. The second-order valence-corrected chi connectivity index (χ2v) is 8.19. The summed E-state index contributed by atoms with van der Waals surface area (Å²) in [5.74, 6) is 0. The van der Waals surface area contributed by atoms with Crippen LogP contribution in [0.15, 0.2) is 65.3 Å². The van der Waals surface area contributed by atoms with E-state index in [9.17, 15) is 0 Å². The van der Waals surface area contributed by atoms with E-state index in [4.69, 9.17) is 0 Å². The van der Waals surface area contributed by atoms with Crippen LogP contribution in [0, 0.1) is 11.8 Å². The van der Waals surface area contributed by atoms with Crippen LogP contribution in [0.2, 0.25) is 0 Å². The van der Waals surface area contributed by atoms with Gasteiger partial charge in [0.25, 0.3) is 0 Å². The van der Waals surface area contributed by atoms with Gasteiger partial charge in [0.1, 0.15) is 0 Å². The van der Waals surface area contributed by atoms with Crippen LogP contribution in [0.3, 0.4) is 0 Å². The summed E-state index contributed by atoms with van der Waals surface area (Å²) in [4.78, 5) is 0. The van der Waals surface area contributed by atoms with Gasteiger partial charge < -0.3 is 0 Å². The van der Waals surface area contributed by atoms with Gasteiger partial charge in [-0.1, -0.05) is 68.0 Å². The summed E-state index contributed by atoms with van der Waals surface area (Å²) in [5, 5.41) is 0. The van der Waals surface area contributed by atoms with Crippen LogP contribution in [0.25, 0.3) is 16.7 Å². The summed E-state index contributed by atoms with van der Waals surface area (Å²) in [6.07, 6.45) is 2.36. The molecule has 0 aliphatic heterocycles. The molecule has 131 valence electrons. The fourth-order valence-corrected chi connectivity index (χ4v) is 4.77. The van der Waals surface area contributed by atoms with Crippen molar-refractivity contribution >= 4 is 16.7 Å². The fraction of sp³-hybridized carbons (Fsp3) is 0.269. The summed E-state index contributed by atoms with van der Waals surface area (Å²) in [6, 6.07) is 17.5. The Balaban J connectivity index is 1.93. The van der Waals surface area contributed by atoms with Gasteiger partial charge in [0.15, 0.2) is 0 Å². The molecular formula is C26H27. The lowest BCUT2D eigenvalue weighted by Gasteiger charge is -2.28. The molecule has 0 nitrogen and oxygen atoms in total. The highest BCUT2D eigenvalue weighted by Gasteiger charge is 2.37. The highest BCUT2D eigenvalue weighted by molar-refractivity contribution is 6.05. The quantitative estimate of drug-likeness (QED) is 0.537. The van der Waals surface area contributed by atoms with E-state index in [0.717, 1.165) is 0 Å². The molecule has 1 radical (unpaired) electrons. The summed E-state index contributed by atoms with van der Waals surface area (Å²) in [5.41, 5.74) is 14.2. The minimum Gasteiger partial charge on any atom is -0.0622 e. The van der Waals surface area contributed by atoms with Gasteiger partial charge in [0, 0.05) is 11.8 Å². The van der Waals surface area contributed by atoms with Crippen molar-refractivity contribution in [3.63, 3.8) is 0 Å². The highest BCUT2D eigenvalue weighted by atomic mass is 14.4. The normalized spacial score (nSPS) is 18.8. The molecule has 0 amide bonds. The summed E-state index contributed by atoms with van der Waals surface area (Å²) in [6.45, 7) is 13.9. The van der Waals surface area contributed by atoms with Crippen molar-refractivity contribution in [2.45, 2.75) is 41.5 Å². The Morgan fingerprint density at radius 3 is 2.00 bits per heavy atom. The molecule has 2 aliphatic rings. The predicted molar refractivity (Wildman–Crippen MR) is 114 cm³/mol. The number of rotatable bonds is 2. The minimum absolute atomic E-state index is 0.0824. The first kappa shape index (κ1) is 17.1. The maximum absolute atomic E-state index is 2.37. The molecule has 4 rings (SSSR count). The summed E-state index contributed by atoms with van der Waals surface area (Å²) >= 11 is 0. The van der Waals surface area contributed by atoms with E-state index in [0.29, 0.717) is 0 Å². The number of hydrogen-bond donors (Lipinski definition) is 0. The summed E-state index contributed by atoms with van der Waals surface area (Å²) in [7, 11) is 0. The third-order valence-corrected chi connectivity index (χ3v) is 6.59. The Hall–Kier alpha value is -2.34. The molecule has 0 atom stereocenters. The molecule has 26 heavy (non-hydrogen) atoms. The molecule has 0 unspecified atom stereocenters. The van der Waals surface area contributed by atoms with Crippen LogP contribution < -0.4 is 0 Å². The molecule has 0 heterocycles. The molecule has 2 aliphatic carbocycles. The van der Waals surface area contributed by atoms with Gasteiger partial charge in [0.2, 0.25) is 0 Å². The zero-order chi connectivity index (χ0) is 18.6. The van der Waals surface area contributed by atoms with Crippen molar-refractivity contribution in [2.24, 2.45) is 5.41 Å². The lowest BCUT2D eigenvalue weighted by atomic mass is 9.76. The van der Waals surface area contributed by atoms with Gasteiger partial charge in [0.05, 0.1) is 0 Å². The third kappa shape index (κ3) is 2.28. The molecule has 0 aromatic heterocycles. The Morgan fingerprint density at radius 2 is 1.38 bits per heavy atom. The first-order valence-electron chi connectivity index (χ1n) is 9.48. The van der Waals surface area contributed by atoms with E-state index in [1.807, 2.05) is 0 Å². The van der Waals surface area contributed by atoms with E-state index in [1.165, 1.54) is 55.7 Å². The largest absolute Gasteiger partial charge is 0.0622 e. The maximum atomic E-state index is 2.37. The van der Waals surface area contributed by atoms with Gasteiger partial charge in [-0.25, -0.2) is 0 Å². The number of fused-ring (bicyclic) bond motifs is 1. The monoisotopic (exact) mass is 339 g/mol. The van der Waals surface area contributed by atoms with Crippen LogP contribution >= 0.6 is 0 Å². The van der Waals surface area contributed by atoms with Crippen molar-refractivity contribution in [1.82, 2.24) is 0 Å². The maximum Gasteiger partial charge on any atom is 0.0214 e. The van der Waals surface area contributed by atoms with Crippen LogP contribution in [0.5, 0.6) is 0 Å². The van der Waals surface area contributed by atoms with E-state index in [1.54, 1.807) is 0 Å². The van der Waals surface area contributed by atoms with Crippen LogP contribution in [0.4, 0.5) is 0 Å². The molecular weight excluding hydrogens is 312 g/mol. The molecule has 0 heteroatoms. The smallest absolute Gasteiger partial charge is 0.0214 e. The Morgan fingerprint density at radius 1 is 0.692 bits per heavy atom. The van der Waals surface area contributed by atoms with Gasteiger partial charge in [-0.15, -0.1) is 0 Å². The number of hydrogen-bond acceptors (Lipinski definition) is 0. The average Bonchev–Trinajstić information content (AvgIpc) is 3.05. The van der Waals surface area contributed by atoms with Crippen LogP contribution in [0.1, 0.15) is 63.8 Å². The van der Waals surface area contributed by atoms with Crippen molar-refractivity contribution in [2.75, 3.05) is 0 Å². The minimum atomic E-state index is 0.0824. The van der Waals surface area contributed by atoms with Crippen molar-refractivity contribution in [3.8, 4) is 0 Å². The van der Waals surface area contributed by atoms with Crippen LogP contribution in [-0.4, -0.2) is 0 Å². The van der Waals surface area contributed by atoms with Gasteiger partial charge >= 0.3 is 0 Å². The molecule has 0 saturated carbocycles. The van der Waals surface area contributed by atoms with Crippen molar-refractivity contribution < 1.29 is 0 Å². The molecule has 0 N–H and O–H groups in total. The second-order valence-electron chi connectivity index (χ2n) is 8.19. The molecule has 2 aromatic rings. The molecule has 2 aromatic carbocycles. The lowest BCUT2D eigenvalue weighted by molar-refractivity contribution is 0.608. The average molecular weight is 340 g/mol.